The molecular weight excluding hydrogens is 301 g/mol. The number of hydrogen-bond acceptors (Lipinski definition) is 2. The van der Waals surface area contributed by atoms with E-state index in [4.69, 9.17) is 4.74 Å². The third kappa shape index (κ3) is 4.29. The van der Waals surface area contributed by atoms with Crippen molar-refractivity contribution >= 4 is 22.0 Å². The third-order valence-corrected chi connectivity index (χ3v) is 2.76. The fourth-order valence-corrected chi connectivity index (χ4v) is 1.74. The van der Waals surface area contributed by atoms with Crippen molar-refractivity contribution in [2.45, 2.75) is 32.9 Å². The molecule has 0 saturated carbocycles. The maximum absolute atomic E-state index is 13.7. The molecule has 0 aliphatic rings. The second kappa shape index (κ2) is 5.69. The number of amides is 1. The second-order valence-corrected chi connectivity index (χ2v) is 5.90. The first-order chi connectivity index (χ1) is 8.20. The Kier molecular flexibility index (Phi) is 4.73. The highest BCUT2D eigenvalue weighted by Gasteiger charge is 2.20. The first-order valence-corrected chi connectivity index (χ1v) is 6.37. The average molecular weight is 318 g/mol. The molecule has 0 fully saturated rings. The first kappa shape index (κ1) is 15.0. The fourth-order valence-electron chi connectivity index (χ4n) is 1.33. The zero-order valence-corrected chi connectivity index (χ0v) is 12.5. The van der Waals surface area contributed by atoms with Crippen LogP contribution >= 0.6 is 15.9 Å². The number of rotatable bonds is 2. The van der Waals surface area contributed by atoms with Crippen molar-refractivity contribution in [1.29, 1.82) is 0 Å². The van der Waals surface area contributed by atoms with Crippen LogP contribution in [0, 0.1) is 5.82 Å². The summed E-state index contributed by atoms with van der Waals surface area (Å²) in [4.78, 5) is 13.1. The summed E-state index contributed by atoms with van der Waals surface area (Å²) in [5.74, 6) is -0.354. The molecular formula is C13H17BrFNO2. The minimum Gasteiger partial charge on any atom is -0.444 e. The van der Waals surface area contributed by atoms with Crippen LogP contribution in [0.4, 0.5) is 9.18 Å². The number of benzene rings is 1. The Morgan fingerprint density at radius 2 is 2.06 bits per heavy atom. The van der Waals surface area contributed by atoms with Crippen molar-refractivity contribution in [2.24, 2.45) is 0 Å². The van der Waals surface area contributed by atoms with Crippen LogP contribution in [0.5, 0.6) is 0 Å². The van der Waals surface area contributed by atoms with Gasteiger partial charge in [0.25, 0.3) is 0 Å². The molecule has 1 aromatic rings. The monoisotopic (exact) mass is 317 g/mol. The van der Waals surface area contributed by atoms with Gasteiger partial charge in [-0.3, -0.25) is 0 Å². The number of carbonyl (C=O) groups is 1. The van der Waals surface area contributed by atoms with Crippen molar-refractivity contribution < 1.29 is 13.9 Å². The zero-order chi connectivity index (χ0) is 13.9. The molecule has 0 saturated heterocycles. The highest BCUT2D eigenvalue weighted by Crippen LogP contribution is 2.20. The largest absolute Gasteiger partial charge is 0.444 e. The summed E-state index contributed by atoms with van der Waals surface area (Å²) in [5.41, 5.74) is -0.112. The summed E-state index contributed by atoms with van der Waals surface area (Å²) in [7, 11) is 1.58. The molecule has 1 aromatic carbocycles. The summed E-state index contributed by atoms with van der Waals surface area (Å²) in [6.07, 6.45) is -0.470. The van der Waals surface area contributed by atoms with E-state index in [0.717, 1.165) is 0 Å². The van der Waals surface area contributed by atoms with Crippen LogP contribution in [0.1, 0.15) is 26.3 Å². The van der Waals surface area contributed by atoms with Crippen LogP contribution in [0.3, 0.4) is 0 Å². The van der Waals surface area contributed by atoms with Gasteiger partial charge in [-0.15, -0.1) is 0 Å². The molecule has 0 aliphatic heterocycles. The average Bonchev–Trinajstić information content (AvgIpc) is 2.22. The van der Waals surface area contributed by atoms with Crippen LogP contribution in [0.2, 0.25) is 0 Å². The van der Waals surface area contributed by atoms with E-state index in [1.165, 1.54) is 4.90 Å². The van der Waals surface area contributed by atoms with Crippen molar-refractivity contribution in [3.63, 3.8) is 0 Å². The number of nitrogens with zero attached hydrogens (tertiary/aromatic N) is 1. The Labute approximate surface area is 115 Å². The van der Waals surface area contributed by atoms with E-state index in [0.29, 0.717) is 10.0 Å². The summed E-state index contributed by atoms with van der Waals surface area (Å²) in [6.45, 7) is 5.54. The SMILES string of the molecule is CN(Cc1cccc(Br)c1F)C(=O)OC(C)(C)C. The predicted molar refractivity (Wildman–Crippen MR) is 71.8 cm³/mol. The van der Waals surface area contributed by atoms with Crippen LogP contribution in [0.15, 0.2) is 22.7 Å². The molecule has 0 N–H and O–H groups in total. The molecule has 0 atom stereocenters. The molecule has 1 amide bonds. The second-order valence-electron chi connectivity index (χ2n) is 5.05. The predicted octanol–water partition coefficient (Wildman–Crippen LogP) is 3.96. The molecule has 0 spiro atoms. The lowest BCUT2D eigenvalue weighted by Gasteiger charge is -2.24. The van der Waals surface area contributed by atoms with E-state index in [1.54, 1.807) is 46.0 Å². The van der Waals surface area contributed by atoms with Crippen molar-refractivity contribution in [3.8, 4) is 0 Å². The Morgan fingerprint density at radius 1 is 1.44 bits per heavy atom. The Morgan fingerprint density at radius 3 is 2.61 bits per heavy atom. The lowest BCUT2D eigenvalue weighted by atomic mass is 10.2. The van der Waals surface area contributed by atoms with Gasteiger partial charge in [0.2, 0.25) is 0 Å². The molecule has 0 bridgehead atoms. The van der Waals surface area contributed by atoms with Gasteiger partial charge in [0.15, 0.2) is 0 Å². The van der Waals surface area contributed by atoms with Gasteiger partial charge in [-0.1, -0.05) is 12.1 Å². The van der Waals surface area contributed by atoms with Gasteiger partial charge in [-0.25, -0.2) is 9.18 Å². The van der Waals surface area contributed by atoms with Gasteiger partial charge < -0.3 is 9.64 Å². The molecule has 3 nitrogen and oxygen atoms in total. The topological polar surface area (TPSA) is 29.5 Å². The standard InChI is InChI=1S/C13H17BrFNO2/c1-13(2,3)18-12(17)16(4)8-9-6-5-7-10(14)11(9)15/h5-7H,8H2,1-4H3. The van der Waals surface area contributed by atoms with Crippen LogP contribution in [0.25, 0.3) is 0 Å². The molecule has 0 aliphatic carbocycles. The van der Waals surface area contributed by atoms with Crippen molar-refractivity contribution in [3.05, 3.63) is 34.1 Å². The van der Waals surface area contributed by atoms with Gasteiger partial charge in [0, 0.05) is 12.6 Å². The summed E-state index contributed by atoms with van der Waals surface area (Å²) < 4.78 is 19.3. The van der Waals surface area contributed by atoms with Crippen molar-refractivity contribution in [2.75, 3.05) is 7.05 Å². The molecule has 1 rings (SSSR count). The number of halogens is 2. The van der Waals surface area contributed by atoms with E-state index >= 15 is 0 Å². The first-order valence-electron chi connectivity index (χ1n) is 5.57. The van der Waals surface area contributed by atoms with E-state index < -0.39 is 11.7 Å². The highest BCUT2D eigenvalue weighted by molar-refractivity contribution is 9.10. The molecule has 5 heteroatoms. The van der Waals surface area contributed by atoms with Gasteiger partial charge in [-0.05, 0) is 42.8 Å². The smallest absolute Gasteiger partial charge is 0.410 e. The maximum Gasteiger partial charge on any atom is 0.410 e. The van der Waals surface area contributed by atoms with Gasteiger partial charge >= 0.3 is 6.09 Å². The van der Waals surface area contributed by atoms with Gasteiger partial charge in [0.05, 0.1) is 11.0 Å². The lowest BCUT2D eigenvalue weighted by Crippen LogP contribution is -2.34. The molecule has 18 heavy (non-hydrogen) atoms. The zero-order valence-electron chi connectivity index (χ0n) is 11.0. The minimum atomic E-state index is -0.554. The molecule has 0 heterocycles. The quantitative estimate of drug-likeness (QED) is 0.826. The van der Waals surface area contributed by atoms with Gasteiger partial charge in [-0.2, -0.15) is 0 Å². The molecule has 0 unspecified atom stereocenters. The fraction of sp³-hybridized carbons (Fsp3) is 0.462. The van der Waals surface area contributed by atoms with Crippen molar-refractivity contribution in [1.82, 2.24) is 4.90 Å². The third-order valence-electron chi connectivity index (χ3n) is 2.14. The normalized spacial score (nSPS) is 11.2. The summed E-state index contributed by atoms with van der Waals surface area (Å²) in [6, 6.07) is 4.98. The molecule has 0 radical (unpaired) electrons. The van der Waals surface area contributed by atoms with E-state index in [2.05, 4.69) is 15.9 Å². The van der Waals surface area contributed by atoms with Crippen LogP contribution < -0.4 is 0 Å². The Bertz CT molecular complexity index is 443. The molecule has 0 aromatic heterocycles. The number of carbonyl (C=O) groups excluding carboxylic acids is 1. The Balaban J connectivity index is 2.73. The van der Waals surface area contributed by atoms with E-state index in [9.17, 15) is 9.18 Å². The van der Waals surface area contributed by atoms with E-state index in [1.807, 2.05) is 0 Å². The van der Waals surface area contributed by atoms with Crippen LogP contribution in [-0.2, 0) is 11.3 Å². The van der Waals surface area contributed by atoms with E-state index in [-0.39, 0.29) is 12.4 Å². The summed E-state index contributed by atoms with van der Waals surface area (Å²) >= 11 is 3.11. The Hall–Kier alpha value is -1.10. The lowest BCUT2D eigenvalue weighted by molar-refractivity contribution is 0.0283. The maximum atomic E-state index is 13.7. The number of ether oxygens (including phenoxy) is 1. The summed E-state index contributed by atoms with van der Waals surface area (Å²) in [5, 5.41) is 0. The number of hydrogen-bond donors (Lipinski definition) is 0. The minimum absolute atomic E-state index is 0.167. The highest BCUT2D eigenvalue weighted by atomic mass is 79.9. The molecule has 100 valence electrons. The van der Waals surface area contributed by atoms with Gasteiger partial charge in [0.1, 0.15) is 11.4 Å². The van der Waals surface area contributed by atoms with Crippen LogP contribution in [-0.4, -0.2) is 23.6 Å².